The molecule has 17 heavy (non-hydrogen) atoms. The molecule has 0 aliphatic rings. The monoisotopic (exact) mass is 230 g/mol. The summed E-state index contributed by atoms with van der Waals surface area (Å²) in [5.74, 6) is 0. The van der Waals surface area contributed by atoms with Crippen LogP contribution in [0.2, 0.25) is 0 Å². The largest absolute Gasteiger partial charge is 0.463 e. The molecule has 0 saturated carbocycles. The highest BCUT2D eigenvalue weighted by Crippen LogP contribution is 2.22. The highest BCUT2D eigenvalue weighted by atomic mass is 16.5. The van der Waals surface area contributed by atoms with Gasteiger partial charge in [0, 0.05) is 5.39 Å². The smallest absolute Gasteiger partial charge is 0.317 e. The van der Waals surface area contributed by atoms with Gasteiger partial charge in [-0.15, -0.1) is 0 Å². The third-order valence-electron chi connectivity index (χ3n) is 2.92. The Labute approximate surface area is 102 Å². The Morgan fingerprint density at radius 2 is 1.76 bits per heavy atom. The molecule has 0 atom stereocenters. The van der Waals surface area contributed by atoms with Crippen LogP contribution in [-0.4, -0.2) is 16.6 Å². The molecule has 1 heterocycles. The number of hydrogen-bond donors (Lipinski definition) is 0. The molecule has 2 rings (SSSR count). The summed E-state index contributed by atoms with van der Waals surface area (Å²) in [4.78, 5) is 8.82. The Balaban J connectivity index is 2.53. The summed E-state index contributed by atoms with van der Waals surface area (Å²) in [6, 6.07) is 4.72. The molecule has 3 heteroatoms. The van der Waals surface area contributed by atoms with Gasteiger partial charge in [0.1, 0.15) is 0 Å². The van der Waals surface area contributed by atoms with Crippen LogP contribution in [-0.2, 0) is 0 Å². The van der Waals surface area contributed by atoms with Crippen molar-refractivity contribution in [1.29, 1.82) is 0 Å². The molecule has 0 bridgehead atoms. The summed E-state index contributed by atoms with van der Waals surface area (Å²) in [7, 11) is 0. The van der Waals surface area contributed by atoms with Crippen LogP contribution in [0.25, 0.3) is 10.9 Å². The number of ether oxygens (including phenoxy) is 1. The molecule has 0 fully saturated rings. The van der Waals surface area contributed by atoms with Gasteiger partial charge in [-0.1, -0.05) is 6.92 Å². The van der Waals surface area contributed by atoms with Crippen LogP contribution >= 0.6 is 0 Å². The number of aromatic nitrogens is 2. The van der Waals surface area contributed by atoms with Crippen LogP contribution in [0.5, 0.6) is 6.01 Å². The molecule has 0 aliphatic carbocycles. The van der Waals surface area contributed by atoms with Gasteiger partial charge in [-0.25, -0.2) is 0 Å². The van der Waals surface area contributed by atoms with Crippen LogP contribution in [0.3, 0.4) is 0 Å². The zero-order chi connectivity index (χ0) is 12.4. The molecule has 0 spiro atoms. The molecule has 2 aromatic rings. The first kappa shape index (κ1) is 11.8. The zero-order valence-electron chi connectivity index (χ0n) is 10.9. The summed E-state index contributed by atoms with van der Waals surface area (Å²) in [5, 5.41) is 1.11. The van der Waals surface area contributed by atoms with Gasteiger partial charge in [0.15, 0.2) is 0 Å². The Morgan fingerprint density at radius 1 is 1.06 bits per heavy atom. The summed E-state index contributed by atoms with van der Waals surface area (Å²) < 4.78 is 5.49. The van der Waals surface area contributed by atoms with Crippen LogP contribution in [0.15, 0.2) is 12.1 Å². The van der Waals surface area contributed by atoms with Crippen molar-refractivity contribution in [3.8, 4) is 6.01 Å². The quantitative estimate of drug-likeness (QED) is 0.811. The van der Waals surface area contributed by atoms with E-state index < -0.39 is 0 Å². The second-order valence-corrected chi connectivity index (χ2v) is 4.39. The normalized spacial score (nSPS) is 10.8. The lowest BCUT2D eigenvalue weighted by atomic mass is 10.1. The van der Waals surface area contributed by atoms with E-state index in [-0.39, 0.29) is 0 Å². The standard InChI is InChI=1S/C14H18N2O/c1-5-6-17-14-15-11(4)12-7-9(2)10(3)8-13(12)16-14/h7-8H,5-6H2,1-4H3. The Morgan fingerprint density at radius 3 is 2.47 bits per heavy atom. The average molecular weight is 230 g/mol. The fourth-order valence-electron chi connectivity index (χ4n) is 1.77. The molecule has 0 amide bonds. The number of nitrogens with zero attached hydrogens (tertiary/aromatic N) is 2. The number of rotatable bonds is 3. The fourth-order valence-corrected chi connectivity index (χ4v) is 1.77. The van der Waals surface area contributed by atoms with Crippen molar-refractivity contribution in [1.82, 2.24) is 9.97 Å². The summed E-state index contributed by atoms with van der Waals surface area (Å²) in [6.45, 7) is 8.93. The van der Waals surface area contributed by atoms with Gasteiger partial charge in [-0.05, 0) is 50.5 Å². The van der Waals surface area contributed by atoms with Gasteiger partial charge in [-0.3, -0.25) is 0 Å². The van der Waals surface area contributed by atoms with E-state index in [0.29, 0.717) is 12.6 Å². The topological polar surface area (TPSA) is 35.0 Å². The van der Waals surface area contributed by atoms with Gasteiger partial charge < -0.3 is 4.74 Å². The molecule has 0 N–H and O–H groups in total. The average Bonchev–Trinajstić information content (AvgIpc) is 2.29. The van der Waals surface area contributed by atoms with Crippen molar-refractivity contribution in [2.45, 2.75) is 34.1 Å². The predicted molar refractivity (Wildman–Crippen MR) is 69.5 cm³/mol. The van der Waals surface area contributed by atoms with Gasteiger partial charge in [0.05, 0.1) is 17.8 Å². The van der Waals surface area contributed by atoms with Crippen LogP contribution < -0.4 is 4.74 Å². The molecular formula is C14H18N2O. The van der Waals surface area contributed by atoms with Crippen LogP contribution in [0.1, 0.15) is 30.2 Å². The third kappa shape index (κ3) is 2.38. The lowest BCUT2D eigenvalue weighted by molar-refractivity contribution is 0.293. The van der Waals surface area contributed by atoms with E-state index in [4.69, 9.17) is 4.74 Å². The minimum atomic E-state index is 0.486. The predicted octanol–water partition coefficient (Wildman–Crippen LogP) is 3.34. The second-order valence-electron chi connectivity index (χ2n) is 4.39. The van der Waals surface area contributed by atoms with Crippen LogP contribution in [0.4, 0.5) is 0 Å². The maximum atomic E-state index is 5.49. The molecule has 0 saturated heterocycles. The van der Waals surface area contributed by atoms with E-state index in [2.05, 4.69) is 42.9 Å². The van der Waals surface area contributed by atoms with Gasteiger partial charge >= 0.3 is 6.01 Å². The summed E-state index contributed by atoms with van der Waals surface area (Å²) in [6.07, 6.45) is 0.966. The number of hydrogen-bond acceptors (Lipinski definition) is 3. The molecule has 1 aromatic heterocycles. The lowest BCUT2D eigenvalue weighted by Gasteiger charge is -2.08. The van der Waals surface area contributed by atoms with E-state index in [1.807, 2.05) is 6.92 Å². The van der Waals surface area contributed by atoms with Crippen molar-refractivity contribution < 1.29 is 4.74 Å². The Kier molecular flexibility index (Phi) is 3.27. The van der Waals surface area contributed by atoms with E-state index in [1.165, 1.54) is 11.1 Å². The Bertz CT molecular complexity index is 549. The van der Waals surface area contributed by atoms with E-state index in [9.17, 15) is 0 Å². The van der Waals surface area contributed by atoms with Crippen molar-refractivity contribution in [2.75, 3.05) is 6.61 Å². The van der Waals surface area contributed by atoms with E-state index in [0.717, 1.165) is 23.0 Å². The SMILES string of the molecule is CCCOc1nc(C)c2cc(C)c(C)cc2n1. The third-order valence-corrected chi connectivity index (χ3v) is 2.92. The molecule has 0 aliphatic heterocycles. The van der Waals surface area contributed by atoms with Gasteiger partial charge in [-0.2, -0.15) is 9.97 Å². The van der Waals surface area contributed by atoms with Crippen molar-refractivity contribution >= 4 is 10.9 Å². The first-order chi connectivity index (χ1) is 8.11. The van der Waals surface area contributed by atoms with Crippen molar-refractivity contribution in [3.63, 3.8) is 0 Å². The van der Waals surface area contributed by atoms with Crippen LogP contribution in [0, 0.1) is 20.8 Å². The minimum absolute atomic E-state index is 0.486. The molecule has 3 nitrogen and oxygen atoms in total. The maximum Gasteiger partial charge on any atom is 0.317 e. The second kappa shape index (κ2) is 4.70. The first-order valence-corrected chi connectivity index (χ1v) is 6.00. The minimum Gasteiger partial charge on any atom is -0.463 e. The highest BCUT2D eigenvalue weighted by Gasteiger charge is 2.06. The van der Waals surface area contributed by atoms with E-state index in [1.54, 1.807) is 0 Å². The van der Waals surface area contributed by atoms with Crippen molar-refractivity contribution in [2.24, 2.45) is 0 Å². The summed E-state index contributed by atoms with van der Waals surface area (Å²) in [5.41, 5.74) is 4.46. The maximum absolute atomic E-state index is 5.49. The molecule has 90 valence electrons. The lowest BCUT2D eigenvalue weighted by Crippen LogP contribution is -2.02. The molecule has 1 aromatic carbocycles. The first-order valence-electron chi connectivity index (χ1n) is 6.00. The molecular weight excluding hydrogens is 212 g/mol. The van der Waals surface area contributed by atoms with Gasteiger partial charge in [0.25, 0.3) is 0 Å². The fraction of sp³-hybridized carbons (Fsp3) is 0.429. The van der Waals surface area contributed by atoms with Crippen molar-refractivity contribution in [3.05, 3.63) is 29.0 Å². The number of aryl methyl sites for hydroxylation is 3. The number of benzene rings is 1. The molecule has 0 radical (unpaired) electrons. The number of fused-ring (bicyclic) bond motifs is 1. The zero-order valence-corrected chi connectivity index (χ0v) is 10.9. The van der Waals surface area contributed by atoms with E-state index >= 15 is 0 Å². The van der Waals surface area contributed by atoms with Gasteiger partial charge in [0.2, 0.25) is 0 Å². The highest BCUT2D eigenvalue weighted by molar-refractivity contribution is 5.82. The summed E-state index contributed by atoms with van der Waals surface area (Å²) >= 11 is 0. The molecule has 0 unspecified atom stereocenters. The Hall–Kier alpha value is -1.64.